The van der Waals surface area contributed by atoms with Crippen molar-refractivity contribution in [2.45, 2.75) is 0 Å². The average Bonchev–Trinajstić information content (AvgIpc) is 2.45. The molecule has 0 saturated heterocycles. The fourth-order valence-electron chi connectivity index (χ4n) is 1.43. The normalized spacial score (nSPS) is 10.5. The lowest BCUT2D eigenvalue weighted by atomic mass is 10.3. The molecular weight excluding hydrogens is 242 g/mol. The van der Waals surface area contributed by atoms with Gasteiger partial charge in [0.1, 0.15) is 6.54 Å². The van der Waals surface area contributed by atoms with Crippen LogP contribution in [0.4, 0.5) is 17.1 Å². The predicted molar refractivity (Wildman–Crippen MR) is 73.2 cm³/mol. The van der Waals surface area contributed by atoms with Crippen LogP contribution in [0.25, 0.3) is 0 Å². The summed E-state index contributed by atoms with van der Waals surface area (Å²) < 4.78 is 0. The minimum absolute atomic E-state index is 0.106. The van der Waals surface area contributed by atoms with E-state index in [1.807, 2.05) is 30.3 Å². The van der Waals surface area contributed by atoms with Crippen molar-refractivity contribution in [3.05, 3.63) is 54.6 Å². The van der Waals surface area contributed by atoms with E-state index in [0.29, 0.717) is 5.69 Å². The number of hydrogen-bond donors (Lipinski definition) is 2. The predicted octanol–water partition coefficient (Wildman–Crippen LogP) is 3.60. The van der Waals surface area contributed by atoms with Crippen LogP contribution in [0.2, 0.25) is 0 Å². The largest absolute Gasteiger partial charge is 0.480 e. The third kappa shape index (κ3) is 4.23. The van der Waals surface area contributed by atoms with Crippen molar-refractivity contribution in [1.29, 1.82) is 0 Å². The van der Waals surface area contributed by atoms with Crippen LogP contribution in [0.5, 0.6) is 0 Å². The zero-order valence-corrected chi connectivity index (χ0v) is 10.2. The second-order valence-electron chi connectivity index (χ2n) is 3.83. The number of azo groups is 1. The fraction of sp³-hybridized carbons (Fsp3) is 0.0714. The summed E-state index contributed by atoms with van der Waals surface area (Å²) in [5.41, 5.74) is 2.24. The summed E-state index contributed by atoms with van der Waals surface area (Å²) in [6.45, 7) is -0.106. The van der Waals surface area contributed by atoms with E-state index in [2.05, 4.69) is 15.5 Å². The van der Waals surface area contributed by atoms with Crippen LogP contribution in [0.15, 0.2) is 64.8 Å². The number of carbonyl (C=O) groups is 1. The van der Waals surface area contributed by atoms with Gasteiger partial charge in [0.25, 0.3) is 0 Å². The molecule has 2 aromatic rings. The van der Waals surface area contributed by atoms with Crippen molar-refractivity contribution in [2.24, 2.45) is 10.2 Å². The molecule has 96 valence electrons. The highest BCUT2D eigenvalue weighted by Gasteiger charge is 1.97. The molecule has 0 radical (unpaired) electrons. The van der Waals surface area contributed by atoms with Gasteiger partial charge in [0.2, 0.25) is 0 Å². The molecule has 0 spiro atoms. The third-order valence-corrected chi connectivity index (χ3v) is 2.35. The number of aliphatic carboxylic acids is 1. The Bertz CT molecular complexity index is 565. The van der Waals surface area contributed by atoms with E-state index in [-0.39, 0.29) is 6.54 Å². The SMILES string of the molecule is O=C(O)CNc1ccc(/N=N/c2ccccc2)cc1. The van der Waals surface area contributed by atoms with E-state index in [1.165, 1.54) is 0 Å². The van der Waals surface area contributed by atoms with E-state index in [4.69, 9.17) is 5.11 Å². The Kier molecular flexibility index (Phi) is 4.23. The molecule has 0 saturated carbocycles. The van der Waals surface area contributed by atoms with Crippen LogP contribution in [0, 0.1) is 0 Å². The number of carboxylic acid groups (broad SMARTS) is 1. The van der Waals surface area contributed by atoms with E-state index in [0.717, 1.165) is 11.4 Å². The van der Waals surface area contributed by atoms with Crippen molar-refractivity contribution < 1.29 is 9.90 Å². The second kappa shape index (κ2) is 6.30. The molecule has 2 rings (SSSR count). The molecule has 0 aromatic heterocycles. The van der Waals surface area contributed by atoms with Crippen molar-refractivity contribution in [3.63, 3.8) is 0 Å². The fourth-order valence-corrected chi connectivity index (χ4v) is 1.43. The maximum atomic E-state index is 10.4. The Labute approximate surface area is 110 Å². The lowest BCUT2D eigenvalue weighted by Gasteiger charge is -2.02. The number of rotatable bonds is 5. The van der Waals surface area contributed by atoms with Gasteiger partial charge in [-0.05, 0) is 36.4 Å². The summed E-state index contributed by atoms with van der Waals surface area (Å²) in [6, 6.07) is 16.5. The molecule has 0 unspecified atom stereocenters. The van der Waals surface area contributed by atoms with E-state index in [9.17, 15) is 4.79 Å². The summed E-state index contributed by atoms with van der Waals surface area (Å²) >= 11 is 0. The van der Waals surface area contributed by atoms with Crippen molar-refractivity contribution in [3.8, 4) is 0 Å². The molecule has 0 aliphatic rings. The molecule has 2 aromatic carbocycles. The number of anilines is 1. The molecule has 0 fully saturated rings. The van der Waals surface area contributed by atoms with Crippen LogP contribution >= 0.6 is 0 Å². The van der Waals surface area contributed by atoms with Gasteiger partial charge >= 0.3 is 5.97 Å². The topological polar surface area (TPSA) is 74.0 Å². The first-order valence-electron chi connectivity index (χ1n) is 5.76. The molecule has 5 nitrogen and oxygen atoms in total. The van der Waals surface area contributed by atoms with Crippen LogP contribution < -0.4 is 5.32 Å². The van der Waals surface area contributed by atoms with Crippen LogP contribution in [-0.2, 0) is 4.79 Å². The van der Waals surface area contributed by atoms with Crippen molar-refractivity contribution in [2.75, 3.05) is 11.9 Å². The van der Waals surface area contributed by atoms with Crippen LogP contribution in [-0.4, -0.2) is 17.6 Å². The molecule has 19 heavy (non-hydrogen) atoms. The van der Waals surface area contributed by atoms with E-state index < -0.39 is 5.97 Å². The summed E-state index contributed by atoms with van der Waals surface area (Å²) in [5, 5.41) is 19.5. The van der Waals surface area contributed by atoms with Crippen molar-refractivity contribution >= 4 is 23.0 Å². The number of nitrogens with one attached hydrogen (secondary N) is 1. The Balaban J connectivity index is 1.99. The summed E-state index contributed by atoms with van der Waals surface area (Å²) in [7, 11) is 0. The number of benzene rings is 2. The van der Waals surface area contributed by atoms with Gasteiger partial charge in [0.05, 0.1) is 11.4 Å². The maximum absolute atomic E-state index is 10.4. The van der Waals surface area contributed by atoms with Crippen LogP contribution in [0.3, 0.4) is 0 Å². The number of hydrogen-bond acceptors (Lipinski definition) is 4. The quantitative estimate of drug-likeness (QED) is 0.801. The monoisotopic (exact) mass is 255 g/mol. The van der Waals surface area contributed by atoms with Gasteiger partial charge in [0.15, 0.2) is 0 Å². The highest BCUT2D eigenvalue weighted by Crippen LogP contribution is 2.19. The Morgan fingerprint density at radius 3 is 2.11 bits per heavy atom. The third-order valence-electron chi connectivity index (χ3n) is 2.35. The minimum atomic E-state index is -0.896. The lowest BCUT2D eigenvalue weighted by Crippen LogP contribution is -2.11. The zero-order valence-electron chi connectivity index (χ0n) is 10.2. The van der Waals surface area contributed by atoms with Gasteiger partial charge in [-0.2, -0.15) is 10.2 Å². The Hall–Kier alpha value is -2.69. The first-order chi connectivity index (χ1) is 9.24. The number of carboxylic acids is 1. The molecule has 2 N–H and O–H groups in total. The average molecular weight is 255 g/mol. The molecule has 5 heteroatoms. The smallest absolute Gasteiger partial charge is 0.322 e. The second-order valence-corrected chi connectivity index (χ2v) is 3.83. The summed E-state index contributed by atoms with van der Waals surface area (Å²) in [6.07, 6.45) is 0. The van der Waals surface area contributed by atoms with Gasteiger partial charge in [0, 0.05) is 5.69 Å². The molecule has 0 aliphatic carbocycles. The Morgan fingerprint density at radius 2 is 1.53 bits per heavy atom. The van der Waals surface area contributed by atoms with Gasteiger partial charge in [-0.15, -0.1) is 0 Å². The van der Waals surface area contributed by atoms with Crippen LogP contribution in [0.1, 0.15) is 0 Å². The van der Waals surface area contributed by atoms with E-state index >= 15 is 0 Å². The first kappa shape index (κ1) is 12.8. The Morgan fingerprint density at radius 1 is 0.947 bits per heavy atom. The minimum Gasteiger partial charge on any atom is -0.480 e. The summed E-state index contributed by atoms with van der Waals surface area (Å²) in [4.78, 5) is 10.4. The molecular formula is C14H13N3O2. The van der Waals surface area contributed by atoms with Gasteiger partial charge < -0.3 is 10.4 Å². The lowest BCUT2D eigenvalue weighted by molar-refractivity contribution is -0.134. The van der Waals surface area contributed by atoms with Gasteiger partial charge in [-0.1, -0.05) is 18.2 Å². The standard InChI is InChI=1S/C14H13N3O2/c18-14(19)10-15-11-6-8-13(9-7-11)17-16-12-4-2-1-3-5-12/h1-9,15H,10H2,(H,18,19)/b17-16+. The van der Waals surface area contributed by atoms with Gasteiger partial charge in [-0.25, -0.2) is 0 Å². The van der Waals surface area contributed by atoms with Gasteiger partial charge in [-0.3, -0.25) is 4.79 Å². The molecule has 0 amide bonds. The highest BCUT2D eigenvalue weighted by atomic mass is 16.4. The zero-order chi connectivity index (χ0) is 13.5. The molecule has 0 bridgehead atoms. The van der Waals surface area contributed by atoms with E-state index in [1.54, 1.807) is 24.3 Å². The number of nitrogens with zero attached hydrogens (tertiary/aromatic N) is 2. The first-order valence-corrected chi connectivity index (χ1v) is 5.76. The maximum Gasteiger partial charge on any atom is 0.322 e. The molecule has 0 atom stereocenters. The molecule has 0 aliphatic heterocycles. The van der Waals surface area contributed by atoms with Crippen molar-refractivity contribution in [1.82, 2.24) is 0 Å². The molecule has 0 heterocycles. The highest BCUT2D eigenvalue weighted by molar-refractivity contribution is 5.72. The summed E-state index contributed by atoms with van der Waals surface area (Å²) in [5.74, 6) is -0.896.